The molecule has 1 aliphatic rings. The molecular formula is C15H13Cl2F3N2O. The maximum Gasteiger partial charge on any atom is 0.406 e. The second kappa shape index (κ2) is 5.60. The van der Waals surface area contributed by atoms with Crippen LogP contribution in [0.15, 0.2) is 12.1 Å². The summed E-state index contributed by atoms with van der Waals surface area (Å²) in [5.41, 5.74) is 1.31. The second-order valence-electron chi connectivity index (χ2n) is 5.58. The van der Waals surface area contributed by atoms with Crippen LogP contribution in [0.5, 0.6) is 0 Å². The van der Waals surface area contributed by atoms with E-state index in [4.69, 9.17) is 23.2 Å². The molecule has 0 saturated heterocycles. The van der Waals surface area contributed by atoms with Gasteiger partial charge in [0, 0.05) is 24.0 Å². The minimum atomic E-state index is -4.40. The van der Waals surface area contributed by atoms with Gasteiger partial charge >= 0.3 is 6.18 Å². The molecule has 0 spiro atoms. The van der Waals surface area contributed by atoms with Crippen molar-refractivity contribution in [3.63, 3.8) is 0 Å². The third kappa shape index (κ3) is 2.78. The first-order chi connectivity index (χ1) is 10.7. The first kappa shape index (κ1) is 16.5. The van der Waals surface area contributed by atoms with E-state index in [9.17, 15) is 18.0 Å². The first-order valence-corrected chi connectivity index (χ1v) is 7.79. The average molecular weight is 365 g/mol. The van der Waals surface area contributed by atoms with Gasteiger partial charge in [-0.2, -0.15) is 13.2 Å². The van der Waals surface area contributed by atoms with Gasteiger partial charge in [0.2, 0.25) is 5.91 Å². The Balaban J connectivity index is 2.38. The molecule has 1 aliphatic heterocycles. The highest BCUT2D eigenvalue weighted by atomic mass is 35.5. The highest BCUT2D eigenvalue weighted by Gasteiger charge is 2.35. The van der Waals surface area contributed by atoms with Gasteiger partial charge < -0.3 is 9.88 Å². The Bertz CT molecular complexity index is 798. The summed E-state index contributed by atoms with van der Waals surface area (Å²) in [4.78, 5) is 12.1. The van der Waals surface area contributed by atoms with Gasteiger partial charge in [-0.25, -0.2) is 0 Å². The van der Waals surface area contributed by atoms with Gasteiger partial charge in [0.1, 0.15) is 6.54 Å². The van der Waals surface area contributed by atoms with Crippen LogP contribution in [0.1, 0.15) is 24.1 Å². The Hall–Kier alpha value is -1.40. The molecule has 1 aromatic carbocycles. The number of benzene rings is 1. The standard InChI is InChI=1S/C15H13Cl2F3N2O/c1-7-11-8-2-3-9(16)12(17)13(8)22(6-15(18,19)20)10(11)4-5-21-14(7)23/h2-3,7H,4-6H2,1H3,(H,21,23). The van der Waals surface area contributed by atoms with E-state index >= 15 is 0 Å². The third-order valence-electron chi connectivity index (χ3n) is 4.09. The maximum atomic E-state index is 13.0. The van der Waals surface area contributed by atoms with Crippen LogP contribution in [-0.2, 0) is 17.8 Å². The van der Waals surface area contributed by atoms with E-state index in [0.717, 1.165) is 4.57 Å². The molecule has 2 heterocycles. The lowest BCUT2D eigenvalue weighted by molar-refractivity contribution is -0.140. The molecule has 0 bridgehead atoms. The number of nitrogens with one attached hydrogen (secondary N) is 1. The van der Waals surface area contributed by atoms with Gasteiger partial charge in [-0.15, -0.1) is 0 Å². The molecule has 1 aromatic heterocycles. The molecule has 23 heavy (non-hydrogen) atoms. The van der Waals surface area contributed by atoms with Crippen LogP contribution >= 0.6 is 23.2 Å². The van der Waals surface area contributed by atoms with Crippen molar-refractivity contribution in [2.24, 2.45) is 0 Å². The molecule has 1 atom stereocenters. The van der Waals surface area contributed by atoms with Gasteiger partial charge in [0.25, 0.3) is 0 Å². The minimum absolute atomic E-state index is 0.0779. The Morgan fingerprint density at radius 3 is 2.70 bits per heavy atom. The van der Waals surface area contributed by atoms with E-state index in [1.54, 1.807) is 19.1 Å². The monoisotopic (exact) mass is 364 g/mol. The van der Waals surface area contributed by atoms with E-state index in [-0.39, 0.29) is 28.0 Å². The predicted octanol–water partition coefficient (Wildman–Crippen LogP) is 4.29. The fraction of sp³-hybridized carbons (Fsp3) is 0.400. The predicted molar refractivity (Wildman–Crippen MR) is 83.1 cm³/mol. The molecule has 3 nitrogen and oxygen atoms in total. The molecule has 2 aromatic rings. The SMILES string of the molecule is CC1C(=O)NCCc2c1c1ccc(Cl)c(Cl)c1n2CC(F)(F)F. The van der Waals surface area contributed by atoms with Crippen molar-refractivity contribution < 1.29 is 18.0 Å². The average Bonchev–Trinajstić information content (AvgIpc) is 2.66. The summed E-state index contributed by atoms with van der Waals surface area (Å²) < 4.78 is 40.3. The fourth-order valence-corrected chi connectivity index (χ4v) is 3.57. The van der Waals surface area contributed by atoms with Gasteiger partial charge in [0.15, 0.2) is 0 Å². The van der Waals surface area contributed by atoms with E-state index in [1.165, 1.54) is 0 Å². The molecule has 8 heteroatoms. The van der Waals surface area contributed by atoms with Crippen LogP contribution in [0.3, 0.4) is 0 Å². The number of nitrogens with zero attached hydrogens (tertiary/aromatic N) is 1. The van der Waals surface area contributed by atoms with Crippen LogP contribution in [0.25, 0.3) is 10.9 Å². The summed E-state index contributed by atoms with van der Waals surface area (Å²) in [6, 6.07) is 3.17. The van der Waals surface area contributed by atoms with Crippen molar-refractivity contribution in [2.45, 2.75) is 32.0 Å². The summed E-state index contributed by atoms with van der Waals surface area (Å²) in [5.74, 6) is -0.761. The number of carbonyl (C=O) groups excluding carboxylic acids is 1. The minimum Gasteiger partial charge on any atom is -0.355 e. The summed E-state index contributed by atoms with van der Waals surface area (Å²) in [5, 5.41) is 3.53. The first-order valence-electron chi connectivity index (χ1n) is 7.04. The van der Waals surface area contributed by atoms with Crippen LogP contribution < -0.4 is 5.32 Å². The lowest BCUT2D eigenvalue weighted by atomic mass is 9.97. The Morgan fingerprint density at radius 2 is 2.04 bits per heavy atom. The molecule has 0 saturated carbocycles. The number of aromatic nitrogens is 1. The molecule has 3 rings (SSSR count). The van der Waals surface area contributed by atoms with Crippen molar-refractivity contribution in [3.05, 3.63) is 33.4 Å². The summed E-state index contributed by atoms with van der Waals surface area (Å²) in [7, 11) is 0. The fourth-order valence-electron chi connectivity index (χ4n) is 3.15. The smallest absolute Gasteiger partial charge is 0.355 e. The number of amides is 1. The number of hydrogen-bond donors (Lipinski definition) is 1. The van der Waals surface area contributed by atoms with Gasteiger partial charge in [-0.05, 0) is 18.6 Å². The van der Waals surface area contributed by atoms with Gasteiger partial charge in [-0.1, -0.05) is 29.3 Å². The van der Waals surface area contributed by atoms with Crippen molar-refractivity contribution in [1.82, 2.24) is 9.88 Å². The van der Waals surface area contributed by atoms with E-state index < -0.39 is 18.6 Å². The Labute approximate surface area is 140 Å². The van der Waals surface area contributed by atoms with Gasteiger partial charge in [-0.3, -0.25) is 4.79 Å². The molecule has 1 unspecified atom stereocenters. The zero-order valence-corrected chi connectivity index (χ0v) is 13.6. The second-order valence-corrected chi connectivity index (χ2v) is 6.37. The normalized spacial score (nSPS) is 18.7. The number of hydrogen-bond acceptors (Lipinski definition) is 1. The zero-order chi connectivity index (χ0) is 16.9. The van der Waals surface area contributed by atoms with Crippen molar-refractivity contribution in [1.29, 1.82) is 0 Å². The quantitative estimate of drug-likeness (QED) is 0.804. The third-order valence-corrected chi connectivity index (χ3v) is 4.88. The van der Waals surface area contributed by atoms with Gasteiger partial charge in [0.05, 0.1) is 21.5 Å². The summed E-state index contributed by atoms with van der Waals surface area (Å²) in [6.45, 7) is 0.800. The van der Waals surface area contributed by atoms with E-state index in [1.807, 2.05) is 0 Å². The molecule has 124 valence electrons. The van der Waals surface area contributed by atoms with E-state index in [2.05, 4.69) is 5.32 Å². The summed E-state index contributed by atoms with van der Waals surface area (Å²) >= 11 is 12.2. The number of carbonyl (C=O) groups is 1. The Morgan fingerprint density at radius 1 is 1.35 bits per heavy atom. The lowest BCUT2D eigenvalue weighted by Crippen LogP contribution is -2.27. The molecule has 0 radical (unpaired) electrons. The van der Waals surface area contributed by atoms with Crippen LogP contribution in [-0.4, -0.2) is 23.2 Å². The van der Waals surface area contributed by atoms with Crippen LogP contribution in [0, 0.1) is 0 Å². The zero-order valence-electron chi connectivity index (χ0n) is 12.1. The molecule has 1 amide bonds. The number of fused-ring (bicyclic) bond motifs is 3. The number of rotatable bonds is 1. The molecule has 1 N–H and O–H groups in total. The summed E-state index contributed by atoms with van der Waals surface area (Å²) in [6.07, 6.45) is -4.09. The van der Waals surface area contributed by atoms with Crippen LogP contribution in [0.2, 0.25) is 10.0 Å². The topological polar surface area (TPSA) is 34.0 Å². The highest BCUT2D eigenvalue weighted by molar-refractivity contribution is 6.45. The highest BCUT2D eigenvalue weighted by Crippen LogP contribution is 2.41. The van der Waals surface area contributed by atoms with Crippen molar-refractivity contribution in [3.8, 4) is 0 Å². The van der Waals surface area contributed by atoms with Crippen LogP contribution in [0.4, 0.5) is 13.2 Å². The van der Waals surface area contributed by atoms with E-state index in [0.29, 0.717) is 23.1 Å². The molecule has 0 aliphatic carbocycles. The van der Waals surface area contributed by atoms with Crippen molar-refractivity contribution >= 4 is 40.0 Å². The lowest BCUT2D eigenvalue weighted by Gasteiger charge is -2.14. The maximum absolute atomic E-state index is 13.0. The molecule has 0 fully saturated rings. The number of alkyl halides is 3. The largest absolute Gasteiger partial charge is 0.406 e. The van der Waals surface area contributed by atoms with Crippen molar-refractivity contribution in [2.75, 3.05) is 6.54 Å². The Kier molecular flexibility index (Phi) is 4.01. The molecular weight excluding hydrogens is 352 g/mol. The number of halogens is 5.